The molecule has 9 heteroatoms. The molecule has 0 spiro atoms. The molecule has 0 amide bonds. The standard InChI is InChI=1S/C21H20N8O/c22-21-20-16(18-3-6-25-28(18)15-4-7-30-8-5-15)10-19(29(20)26-12-23-21)13-1-2-14-11-24-27-17(14)9-13/h1-3,6,9-12,15H,4-5,7-8H2,(H,24,27)(H2,22,23,26). The van der Waals surface area contributed by atoms with E-state index in [1.807, 2.05) is 29.0 Å². The maximum Gasteiger partial charge on any atom is 0.152 e. The smallest absolute Gasteiger partial charge is 0.152 e. The number of hydrogen-bond acceptors (Lipinski definition) is 6. The van der Waals surface area contributed by atoms with Crippen molar-refractivity contribution in [2.24, 2.45) is 0 Å². The number of anilines is 1. The van der Waals surface area contributed by atoms with Crippen LogP contribution in [0.4, 0.5) is 5.82 Å². The topological polar surface area (TPSA) is 112 Å². The van der Waals surface area contributed by atoms with Gasteiger partial charge in [0, 0.05) is 35.9 Å². The number of benzene rings is 1. The Morgan fingerprint density at radius 3 is 2.87 bits per heavy atom. The van der Waals surface area contributed by atoms with Crippen LogP contribution in [0.15, 0.2) is 49.1 Å². The molecule has 4 aromatic heterocycles. The summed E-state index contributed by atoms with van der Waals surface area (Å²) in [6.07, 6.45) is 7.02. The van der Waals surface area contributed by atoms with Crippen LogP contribution < -0.4 is 5.73 Å². The quantitative estimate of drug-likeness (QED) is 0.481. The molecule has 1 aliphatic heterocycles. The fourth-order valence-corrected chi connectivity index (χ4v) is 4.31. The third-order valence-corrected chi connectivity index (χ3v) is 5.80. The third kappa shape index (κ3) is 2.59. The minimum atomic E-state index is 0.300. The molecule has 0 aliphatic carbocycles. The summed E-state index contributed by atoms with van der Waals surface area (Å²) in [6.45, 7) is 1.50. The highest BCUT2D eigenvalue weighted by molar-refractivity contribution is 5.92. The Balaban J connectivity index is 1.57. The largest absolute Gasteiger partial charge is 0.382 e. The zero-order valence-electron chi connectivity index (χ0n) is 16.2. The number of aromatic nitrogens is 7. The van der Waals surface area contributed by atoms with E-state index in [4.69, 9.17) is 10.5 Å². The van der Waals surface area contributed by atoms with Gasteiger partial charge < -0.3 is 10.5 Å². The van der Waals surface area contributed by atoms with Crippen LogP contribution in [0.5, 0.6) is 0 Å². The number of nitrogens with zero attached hydrogens (tertiary/aromatic N) is 6. The van der Waals surface area contributed by atoms with Gasteiger partial charge in [-0.25, -0.2) is 9.50 Å². The minimum Gasteiger partial charge on any atom is -0.382 e. The molecule has 150 valence electrons. The van der Waals surface area contributed by atoms with Crippen LogP contribution in [0.25, 0.3) is 38.9 Å². The molecule has 1 saturated heterocycles. The lowest BCUT2D eigenvalue weighted by Crippen LogP contribution is -2.21. The Labute approximate surface area is 171 Å². The first-order chi connectivity index (χ1) is 14.8. The van der Waals surface area contributed by atoms with E-state index in [0.29, 0.717) is 11.9 Å². The lowest BCUT2D eigenvalue weighted by molar-refractivity contribution is 0.0667. The molecule has 5 heterocycles. The molecule has 9 nitrogen and oxygen atoms in total. The van der Waals surface area contributed by atoms with Crippen LogP contribution in [0.1, 0.15) is 18.9 Å². The predicted molar refractivity (Wildman–Crippen MR) is 113 cm³/mol. The molecule has 1 fully saturated rings. The molecule has 1 aromatic carbocycles. The van der Waals surface area contributed by atoms with Gasteiger partial charge >= 0.3 is 0 Å². The van der Waals surface area contributed by atoms with Crippen molar-refractivity contribution in [3.8, 4) is 22.5 Å². The monoisotopic (exact) mass is 400 g/mol. The summed E-state index contributed by atoms with van der Waals surface area (Å²) >= 11 is 0. The van der Waals surface area contributed by atoms with Crippen molar-refractivity contribution in [2.75, 3.05) is 18.9 Å². The third-order valence-electron chi connectivity index (χ3n) is 5.80. The van der Waals surface area contributed by atoms with Gasteiger partial charge in [0.05, 0.1) is 29.1 Å². The molecule has 0 bridgehead atoms. The lowest BCUT2D eigenvalue weighted by Gasteiger charge is -2.24. The maximum absolute atomic E-state index is 6.32. The van der Waals surface area contributed by atoms with E-state index in [9.17, 15) is 0 Å². The molecule has 0 atom stereocenters. The first-order valence-corrected chi connectivity index (χ1v) is 9.97. The average molecular weight is 400 g/mol. The van der Waals surface area contributed by atoms with Crippen LogP contribution in [0.2, 0.25) is 0 Å². The normalized spacial score (nSPS) is 15.3. The summed E-state index contributed by atoms with van der Waals surface area (Å²) in [5.41, 5.74) is 12.0. The Morgan fingerprint density at radius 2 is 1.97 bits per heavy atom. The van der Waals surface area contributed by atoms with Crippen molar-refractivity contribution >= 4 is 22.2 Å². The maximum atomic E-state index is 6.32. The van der Waals surface area contributed by atoms with E-state index >= 15 is 0 Å². The fraction of sp³-hybridized carbons (Fsp3) is 0.238. The van der Waals surface area contributed by atoms with E-state index in [2.05, 4.69) is 48.3 Å². The number of nitrogens with two attached hydrogens (primary N) is 1. The van der Waals surface area contributed by atoms with E-state index < -0.39 is 0 Å². The number of nitrogen functional groups attached to an aromatic ring is 1. The second kappa shape index (κ2) is 6.67. The van der Waals surface area contributed by atoms with E-state index in [1.165, 1.54) is 6.33 Å². The van der Waals surface area contributed by atoms with Gasteiger partial charge in [-0.1, -0.05) is 12.1 Å². The number of fused-ring (bicyclic) bond motifs is 2. The number of aromatic amines is 1. The second-order valence-electron chi connectivity index (χ2n) is 7.53. The highest BCUT2D eigenvalue weighted by atomic mass is 16.5. The number of ether oxygens (including phenoxy) is 1. The Hall–Kier alpha value is -3.72. The molecular weight excluding hydrogens is 380 g/mol. The lowest BCUT2D eigenvalue weighted by atomic mass is 10.1. The second-order valence-corrected chi connectivity index (χ2v) is 7.53. The Kier molecular flexibility index (Phi) is 3.81. The van der Waals surface area contributed by atoms with Gasteiger partial charge in [-0.3, -0.25) is 9.78 Å². The van der Waals surface area contributed by atoms with Crippen LogP contribution in [0.3, 0.4) is 0 Å². The highest BCUT2D eigenvalue weighted by Gasteiger charge is 2.23. The summed E-state index contributed by atoms with van der Waals surface area (Å²) in [5, 5.41) is 17.4. The van der Waals surface area contributed by atoms with Gasteiger partial charge in [0.15, 0.2) is 5.82 Å². The summed E-state index contributed by atoms with van der Waals surface area (Å²) in [4.78, 5) is 4.25. The predicted octanol–water partition coefficient (Wildman–Crippen LogP) is 3.07. The Morgan fingerprint density at radius 1 is 1.07 bits per heavy atom. The van der Waals surface area contributed by atoms with Crippen LogP contribution in [0, 0.1) is 0 Å². The molecule has 30 heavy (non-hydrogen) atoms. The molecular formula is C21H20N8O. The van der Waals surface area contributed by atoms with Crippen molar-refractivity contribution in [2.45, 2.75) is 18.9 Å². The molecule has 5 aromatic rings. The minimum absolute atomic E-state index is 0.300. The number of H-pyrrole nitrogens is 1. The van der Waals surface area contributed by atoms with Gasteiger partial charge in [0.2, 0.25) is 0 Å². The van der Waals surface area contributed by atoms with E-state index in [-0.39, 0.29) is 0 Å². The van der Waals surface area contributed by atoms with Gasteiger partial charge in [-0.15, -0.1) is 0 Å². The molecule has 0 radical (unpaired) electrons. The zero-order valence-corrected chi connectivity index (χ0v) is 16.2. The Bertz CT molecular complexity index is 1360. The molecule has 1 aliphatic rings. The van der Waals surface area contributed by atoms with Crippen molar-refractivity contribution in [1.82, 2.24) is 34.6 Å². The zero-order chi connectivity index (χ0) is 20.1. The van der Waals surface area contributed by atoms with E-state index in [1.54, 1.807) is 0 Å². The summed E-state index contributed by atoms with van der Waals surface area (Å²) in [5.74, 6) is 0.439. The van der Waals surface area contributed by atoms with Gasteiger partial charge in [-0.2, -0.15) is 15.3 Å². The highest BCUT2D eigenvalue weighted by Crippen LogP contribution is 2.37. The van der Waals surface area contributed by atoms with Crippen LogP contribution >= 0.6 is 0 Å². The number of nitrogens with one attached hydrogen (secondary N) is 1. The molecule has 6 rings (SSSR count). The van der Waals surface area contributed by atoms with Gasteiger partial charge in [0.1, 0.15) is 11.8 Å². The van der Waals surface area contributed by atoms with Crippen molar-refractivity contribution < 1.29 is 4.74 Å². The molecule has 3 N–H and O–H groups in total. The van der Waals surface area contributed by atoms with Gasteiger partial charge in [0.25, 0.3) is 0 Å². The number of rotatable bonds is 3. The molecule has 0 unspecified atom stereocenters. The first-order valence-electron chi connectivity index (χ1n) is 9.97. The van der Waals surface area contributed by atoms with Crippen molar-refractivity contribution in [1.29, 1.82) is 0 Å². The van der Waals surface area contributed by atoms with Crippen molar-refractivity contribution in [3.05, 3.63) is 49.1 Å². The number of hydrogen-bond donors (Lipinski definition) is 2. The summed E-state index contributed by atoms with van der Waals surface area (Å²) < 4.78 is 9.48. The van der Waals surface area contributed by atoms with Crippen molar-refractivity contribution in [3.63, 3.8) is 0 Å². The van der Waals surface area contributed by atoms with Crippen LogP contribution in [-0.2, 0) is 4.74 Å². The van der Waals surface area contributed by atoms with E-state index in [0.717, 1.165) is 65.0 Å². The fourth-order valence-electron chi connectivity index (χ4n) is 4.31. The summed E-state index contributed by atoms with van der Waals surface area (Å²) in [7, 11) is 0. The first kappa shape index (κ1) is 17.2. The molecule has 0 saturated carbocycles. The van der Waals surface area contributed by atoms with Crippen LogP contribution in [-0.4, -0.2) is 47.8 Å². The average Bonchev–Trinajstić information content (AvgIpc) is 3.51. The SMILES string of the molecule is Nc1ncnn2c(-c3ccc4cn[nH]c4c3)cc(-c3ccnn3C3CCOCC3)c12. The van der Waals surface area contributed by atoms with Gasteiger partial charge in [-0.05, 0) is 31.0 Å². The summed E-state index contributed by atoms with van der Waals surface area (Å²) in [6, 6.07) is 10.6.